The van der Waals surface area contributed by atoms with Crippen molar-refractivity contribution in [1.29, 1.82) is 0 Å². The fourth-order valence-electron chi connectivity index (χ4n) is 2.57. The van der Waals surface area contributed by atoms with Gasteiger partial charge in [0.05, 0.1) is 6.61 Å². The summed E-state index contributed by atoms with van der Waals surface area (Å²) in [6, 6.07) is 15.7. The molecule has 0 spiro atoms. The summed E-state index contributed by atoms with van der Waals surface area (Å²) in [6.07, 6.45) is 0.475. The molecule has 0 aliphatic carbocycles. The first kappa shape index (κ1) is 16.5. The lowest BCUT2D eigenvalue weighted by Crippen LogP contribution is -2.45. The molecule has 2 aromatic carbocycles. The second-order valence-electron chi connectivity index (χ2n) is 5.32. The van der Waals surface area contributed by atoms with Gasteiger partial charge in [-0.15, -0.1) is 0 Å². The van der Waals surface area contributed by atoms with Crippen LogP contribution in [0.4, 0.5) is 5.69 Å². The van der Waals surface area contributed by atoms with Gasteiger partial charge >= 0.3 is 5.97 Å². The second-order valence-corrected chi connectivity index (χ2v) is 6.23. The number of hydrogen-bond acceptors (Lipinski definition) is 4. The van der Waals surface area contributed by atoms with E-state index in [1.54, 1.807) is 24.3 Å². The smallest absolute Gasteiger partial charge is 0.329 e. The van der Waals surface area contributed by atoms with Crippen LogP contribution in [0.2, 0.25) is 0 Å². The molecule has 124 valence electrons. The molecule has 6 heteroatoms. The summed E-state index contributed by atoms with van der Waals surface area (Å²) < 4.78 is 11.4. The number of hydrogen-bond donors (Lipinski definition) is 0. The normalized spacial score (nSPS) is 16.5. The van der Waals surface area contributed by atoms with E-state index in [2.05, 4.69) is 15.9 Å². The number of ether oxygens (including phenoxy) is 2. The fraction of sp³-hybridized carbons (Fsp3) is 0.222. The first-order valence-electron chi connectivity index (χ1n) is 7.57. The zero-order valence-electron chi connectivity index (χ0n) is 12.9. The van der Waals surface area contributed by atoms with Crippen LogP contribution in [0.1, 0.15) is 6.42 Å². The molecule has 1 amide bonds. The van der Waals surface area contributed by atoms with Crippen LogP contribution in [0.3, 0.4) is 0 Å². The van der Waals surface area contributed by atoms with Crippen molar-refractivity contribution >= 4 is 33.5 Å². The highest BCUT2D eigenvalue weighted by Crippen LogP contribution is 2.26. The Morgan fingerprint density at radius 2 is 2.00 bits per heavy atom. The number of carbonyl (C=O) groups excluding carboxylic acids is 2. The van der Waals surface area contributed by atoms with E-state index in [9.17, 15) is 9.59 Å². The summed E-state index contributed by atoms with van der Waals surface area (Å²) in [7, 11) is 0. The minimum atomic E-state index is -0.619. The van der Waals surface area contributed by atoms with Crippen molar-refractivity contribution in [3.8, 4) is 5.75 Å². The number of rotatable bonds is 5. The maximum atomic E-state index is 12.7. The van der Waals surface area contributed by atoms with Gasteiger partial charge in [0.15, 0.2) is 6.61 Å². The number of cyclic esters (lactones) is 1. The standard InChI is InChI=1S/C18H16BrNO4/c19-13-5-4-6-14(11-13)20(16-9-10-23-18(16)22)17(21)12-24-15-7-2-1-3-8-15/h1-8,11,16H,9-10,12H2. The Hall–Kier alpha value is -2.34. The van der Waals surface area contributed by atoms with E-state index in [1.165, 1.54) is 4.90 Å². The molecule has 0 aromatic heterocycles. The summed E-state index contributed by atoms with van der Waals surface area (Å²) >= 11 is 3.39. The van der Waals surface area contributed by atoms with E-state index >= 15 is 0 Å². The van der Waals surface area contributed by atoms with E-state index < -0.39 is 6.04 Å². The van der Waals surface area contributed by atoms with Crippen molar-refractivity contribution in [2.75, 3.05) is 18.1 Å². The van der Waals surface area contributed by atoms with Crippen LogP contribution < -0.4 is 9.64 Å². The van der Waals surface area contributed by atoms with Crippen LogP contribution in [-0.4, -0.2) is 31.1 Å². The molecule has 1 aliphatic heterocycles. The quantitative estimate of drug-likeness (QED) is 0.736. The van der Waals surface area contributed by atoms with E-state index in [0.29, 0.717) is 24.5 Å². The Morgan fingerprint density at radius 3 is 2.67 bits per heavy atom. The van der Waals surface area contributed by atoms with Crippen molar-refractivity contribution < 1.29 is 19.1 Å². The molecular formula is C18H16BrNO4. The summed E-state index contributed by atoms with van der Waals surface area (Å²) in [4.78, 5) is 26.2. The number of amides is 1. The Balaban J connectivity index is 1.81. The fourth-order valence-corrected chi connectivity index (χ4v) is 2.96. The van der Waals surface area contributed by atoms with Crippen LogP contribution in [0.5, 0.6) is 5.75 Å². The molecule has 1 unspecified atom stereocenters. The monoisotopic (exact) mass is 389 g/mol. The minimum Gasteiger partial charge on any atom is -0.484 e. The lowest BCUT2D eigenvalue weighted by atomic mass is 10.1. The Morgan fingerprint density at radius 1 is 1.21 bits per heavy atom. The van der Waals surface area contributed by atoms with Crippen molar-refractivity contribution in [2.45, 2.75) is 12.5 Å². The topological polar surface area (TPSA) is 55.8 Å². The highest BCUT2D eigenvalue weighted by atomic mass is 79.9. The minimum absolute atomic E-state index is 0.152. The third kappa shape index (κ3) is 3.76. The van der Waals surface area contributed by atoms with Crippen LogP contribution in [-0.2, 0) is 14.3 Å². The largest absolute Gasteiger partial charge is 0.484 e. The summed E-state index contributed by atoms with van der Waals surface area (Å²) in [5.41, 5.74) is 0.634. The number of anilines is 1. The highest BCUT2D eigenvalue weighted by molar-refractivity contribution is 9.10. The average Bonchev–Trinajstić information content (AvgIpc) is 3.00. The molecule has 3 rings (SSSR count). The number of carbonyl (C=O) groups is 2. The molecule has 1 saturated heterocycles. The average molecular weight is 390 g/mol. The van der Waals surface area contributed by atoms with E-state index in [4.69, 9.17) is 9.47 Å². The van der Waals surface area contributed by atoms with Gasteiger partial charge in [0, 0.05) is 16.6 Å². The molecule has 0 saturated carbocycles. The predicted molar refractivity (Wildman–Crippen MR) is 92.9 cm³/mol. The van der Waals surface area contributed by atoms with Gasteiger partial charge < -0.3 is 9.47 Å². The molecule has 0 N–H and O–H groups in total. The third-order valence-electron chi connectivity index (χ3n) is 3.68. The lowest BCUT2D eigenvalue weighted by molar-refractivity contribution is -0.140. The molecule has 1 aliphatic rings. The first-order chi connectivity index (χ1) is 11.6. The van der Waals surface area contributed by atoms with Crippen molar-refractivity contribution in [3.63, 3.8) is 0 Å². The number of esters is 1. The predicted octanol–water partition coefficient (Wildman–Crippen LogP) is 3.18. The molecule has 0 bridgehead atoms. The maximum absolute atomic E-state index is 12.7. The highest BCUT2D eigenvalue weighted by Gasteiger charge is 2.36. The van der Waals surface area contributed by atoms with E-state index in [1.807, 2.05) is 30.3 Å². The number of nitrogens with zero attached hydrogens (tertiary/aromatic N) is 1. The van der Waals surface area contributed by atoms with Crippen molar-refractivity contribution in [1.82, 2.24) is 0 Å². The van der Waals surface area contributed by atoms with Gasteiger partial charge in [-0.1, -0.05) is 40.2 Å². The Kier molecular flexibility index (Phi) is 5.15. The van der Waals surface area contributed by atoms with Crippen LogP contribution in [0.15, 0.2) is 59.1 Å². The van der Waals surface area contributed by atoms with E-state index in [0.717, 1.165) is 4.47 Å². The molecule has 1 atom stereocenters. The van der Waals surface area contributed by atoms with Gasteiger partial charge in [-0.3, -0.25) is 9.69 Å². The SMILES string of the molecule is O=C1OCCC1N(C(=O)COc1ccccc1)c1cccc(Br)c1. The van der Waals surface area contributed by atoms with Crippen LogP contribution in [0, 0.1) is 0 Å². The first-order valence-corrected chi connectivity index (χ1v) is 8.36. The molecule has 1 heterocycles. The van der Waals surface area contributed by atoms with Gasteiger partial charge in [-0.05, 0) is 30.3 Å². The zero-order chi connectivity index (χ0) is 16.9. The Labute approximate surface area is 148 Å². The molecular weight excluding hydrogens is 374 g/mol. The molecule has 5 nitrogen and oxygen atoms in total. The van der Waals surface area contributed by atoms with Crippen molar-refractivity contribution in [2.24, 2.45) is 0 Å². The number of halogens is 1. The summed E-state index contributed by atoms with van der Waals surface area (Å²) in [6.45, 7) is 0.168. The van der Waals surface area contributed by atoms with Gasteiger partial charge in [0.2, 0.25) is 0 Å². The molecule has 24 heavy (non-hydrogen) atoms. The van der Waals surface area contributed by atoms with Crippen molar-refractivity contribution in [3.05, 3.63) is 59.1 Å². The lowest BCUT2D eigenvalue weighted by Gasteiger charge is -2.26. The van der Waals surface area contributed by atoms with Gasteiger partial charge in [-0.2, -0.15) is 0 Å². The van der Waals surface area contributed by atoms with Crippen LogP contribution >= 0.6 is 15.9 Å². The number of para-hydroxylation sites is 1. The van der Waals surface area contributed by atoms with Crippen LogP contribution in [0.25, 0.3) is 0 Å². The third-order valence-corrected chi connectivity index (χ3v) is 4.17. The number of benzene rings is 2. The molecule has 0 radical (unpaired) electrons. The summed E-state index contributed by atoms with van der Waals surface area (Å²) in [5.74, 6) is -0.0714. The zero-order valence-corrected chi connectivity index (χ0v) is 14.4. The van der Waals surface area contributed by atoms with E-state index in [-0.39, 0.29) is 18.5 Å². The van der Waals surface area contributed by atoms with Gasteiger partial charge in [-0.25, -0.2) is 4.79 Å². The van der Waals surface area contributed by atoms with Gasteiger partial charge in [0.25, 0.3) is 5.91 Å². The maximum Gasteiger partial charge on any atom is 0.329 e. The van der Waals surface area contributed by atoms with Gasteiger partial charge in [0.1, 0.15) is 11.8 Å². The molecule has 1 fully saturated rings. The Bertz CT molecular complexity index is 735. The molecule has 2 aromatic rings. The second kappa shape index (κ2) is 7.49. The summed E-state index contributed by atoms with van der Waals surface area (Å²) in [5, 5.41) is 0.